The molecule has 0 spiro atoms. The molecular formula is C18H16N4O3. The first-order chi connectivity index (χ1) is 12.0. The van der Waals surface area contributed by atoms with Crippen molar-refractivity contribution in [2.75, 3.05) is 5.32 Å². The Hall–Kier alpha value is -3.48. The number of non-ortho nitro benzene ring substituents is 1. The van der Waals surface area contributed by atoms with Crippen LogP contribution in [0, 0.1) is 17.0 Å². The highest BCUT2D eigenvalue weighted by molar-refractivity contribution is 6.04. The number of carbonyl (C=O) groups excluding carboxylic acids is 1. The van der Waals surface area contributed by atoms with Gasteiger partial charge in [0, 0.05) is 23.9 Å². The van der Waals surface area contributed by atoms with Gasteiger partial charge in [-0.2, -0.15) is 5.10 Å². The van der Waals surface area contributed by atoms with Crippen molar-refractivity contribution in [3.63, 3.8) is 0 Å². The summed E-state index contributed by atoms with van der Waals surface area (Å²) in [5.41, 5.74) is 2.91. The maximum atomic E-state index is 12.2. The van der Waals surface area contributed by atoms with Crippen molar-refractivity contribution in [2.45, 2.75) is 13.5 Å². The largest absolute Gasteiger partial charge is 0.319 e. The van der Waals surface area contributed by atoms with E-state index in [1.807, 2.05) is 25.1 Å². The van der Waals surface area contributed by atoms with Crippen molar-refractivity contribution in [2.24, 2.45) is 0 Å². The molecule has 0 saturated carbocycles. The summed E-state index contributed by atoms with van der Waals surface area (Å²) in [6, 6.07) is 13.7. The number of aromatic nitrogens is 2. The van der Waals surface area contributed by atoms with Crippen molar-refractivity contribution in [3.05, 3.63) is 87.7 Å². The van der Waals surface area contributed by atoms with Crippen LogP contribution in [0.4, 0.5) is 11.4 Å². The fourth-order valence-electron chi connectivity index (χ4n) is 2.48. The molecule has 126 valence electrons. The zero-order chi connectivity index (χ0) is 17.8. The summed E-state index contributed by atoms with van der Waals surface area (Å²) in [4.78, 5) is 22.5. The van der Waals surface area contributed by atoms with Crippen molar-refractivity contribution in [3.8, 4) is 0 Å². The van der Waals surface area contributed by atoms with E-state index in [-0.39, 0.29) is 11.3 Å². The van der Waals surface area contributed by atoms with E-state index in [0.717, 1.165) is 5.56 Å². The fraction of sp³-hybridized carbons (Fsp3) is 0.111. The third kappa shape index (κ3) is 4.08. The highest BCUT2D eigenvalue weighted by atomic mass is 16.6. The summed E-state index contributed by atoms with van der Waals surface area (Å²) in [5, 5.41) is 17.7. The van der Waals surface area contributed by atoms with Gasteiger partial charge in [-0.05, 0) is 18.6 Å². The van der Waals surface area contributed by atoms with Gasteiger partial charge in [0.25, 0.3) is 11.6 Å². The lowest BCUT2D eigenvalue weighted by atomic mass is 10.1. The van der Waals surface area contributed by atoms with Gasteiger partial charge >= 0.3 is 0 Å². The molecule has 0 radical (unpaired) electrons. The molecule has 7 nitrogen and oxygen atoms in total. The second-order valence-electron chi connectivity index (χ2n) is 5.68. The summed E-state index contributed by atoms with van der Waals surface area (Å²) >= 11 is 0. The molecule has 1 amide bonds. The highest BCUT2D eigenvalue weighted by Gasteiger charge is 2.12. The van der Waals surface area contributed by atoms with Crippen molar-refractivity contribution in [1.82, 2.24) is 9.78 Å². The third-order valence-electron chi connectivity index (χ3n) is 3.64. The lowest BCUT2D eigenvalue weighted by molar-refractivity contribution is -0.384. The van der Waals surface area contributed by atoms with Crippen molar-refractivity contribution >= 4 is 17.3 Å². The maximum Gasteiger partial charge on any atom is 0.270 e. The normalized spacial score (nSPS) is 10.4. The van der Waals surface area contributed by atoms with Crippen LogP contribution >= 0.6 is 0 Å². The number of nitrogens with one attached hydrogen (secondary N) is 1. The lowest BCUT2D eigenvalue weighted by Crippen LogP contribution is -2.11. The van der Waals surface area contributed by atoms with Gasteiger partial charge in [0.05, 0.1) is 23.4 Å². The molecule has 1 N–H and O–H groups in total. The summed E-state index contributed by atoms with van der Waals surface area (Å²) in [6.07, 6.45) is 3.27. The van der Waals surface area contributed by atoms with Gasteiger partial charge in [-0.25, -0.2) is 0 Å². The molecule has 0 unspecified atom stereocenters. The molecule has 2 aromatic carbocycles. The Morgan fingerprint density at radius 3 is 2.80 bits per heavy atom. The quantitative estimate of drug-likeness (QED) is 0.571. The van der Waals surface area contributed by atoms with E-state index in [4.69, 9.17) is 0 Å². The summed E-state index contributed by atoms with van der Waals surface area (Å²) in [7, 11) is 0. The van der Waals surface area contributed by atoms with Crippen LogP contribution in [0.15, 0.2) is 60.9 Å². The monoisotopic (exact) mass is 336 g/mol. The molecule has 0 bridgehead atoms. The van der Waals surface area contributed by atoms with Crippen LogP contribution in [0.5, 0.6) is 0 Å². The molecule has 7 heteroatoms. The number of hydrogen-bond acceptors (Lipinski definition) is 4. The van der Waals surface area contributed by atoms with Crippen LogP contribution in [0.25, 0.3) is 0 Å². The number of rotatable bonds is 5. The standard InChI is InChI=1S/C18H16N4O3/c1-13-4-2-5-14(8-13)11-21-12-16(10-19-21)20-18(23)15-6-3-7-17(9-15)22(24)25/h2-10,12H,11H2,1H3,(H,20,23). The van der Waals surface area contributed by atoms with Gasteiger partial charge in [0.1, 0.15) is 0 Å². The minimum absolute atomic E-state index is 0.122. The summed E-state index contributed by atoms with van der Waals surface area (Å²) in [6.45, 7) is 2.62. The second-order valence-corrected chi connectivity index (χ2v) is 5.68. The zero-order valence-corrected chi connectivity index (χ0v) is 13.5. The van der Waals surface area contributed by atoms with Crippen LogP contribution in [0.2, 0.25) is 0 Å². The van der Waals surface area contributed by atoms with E-state index in [0.29, 0.717) is 12.2 Å². The van der Waals surface area contributed by atoms with Crippen LogP contribution in [-0.4, -0.2) is 20.6 Å². The Kier molecular flexibility index (Phi) is 4.56. The smallest absolute Gasteiger partial charge is 0.270 e. The number of anilines is 1. The van der Waals surface area contributed by atoms with Crippen LogP contribution in [0.1, 0.15) is 21.5 Å². The summed E-state index contributed by atoms with van der Waals surface area (Å²) in [5.74, 6) is -0.418. The van der Waals surface area contributed by atoms with E-state index < -0.39 is 10.8 Å². The molecule has 0 aliphatic heterocycles. The van der Waals surface area contributed by atoms with Gasteiger partial charge in [-0.15, -0.1) is 0 Å². The zero-order valence-electron chi connectivity index (χ0n) is 13.5. The molecule has 3 rings (SSSR count). The summed E-state index contributed by atoms with van der Waals surface area (Å²) < 4.78 is 1.72. The molecular weight excluding hydrogens is 320 g/mol. The van der Waals surface area contributed by atoms with E-state index in [1.54, 1.807) is 17.1 Å². The first-order valence-corrected chi connectivity index (χ1v) is 7.65. The van der Waals surface area contributed by atoms with E-state index >= 15 is 0 Å². The minimum Gasteiger partial charge on any atom is -0.319 e. The predicted molar refractivity (Wildman–Crippen MR) is 93.6 cm³/mol. The van der Waals surface area contributed by atoms with Gasteiger partial charge in [0.15, 0.2) is 0 Å². The number of amides is 1. The molecule has 1 aromatic heterocycles. The molecule has 0 aliphatic rings. The molecule has 0 atom stereocenters. The number of carbonyl (C=O) groups is 1. The number of benzene rings is 2. The molecule has 1 heterocycles. The lowest BCUT2D eigenvalue weighted by Gasteiger charge is -2.04. The Bertz CT molecular complexity index is 933. The molecule has 0 saturated heterocycles. The molecule has 0 fully saturated rings. The number of nitro benzene ring substituents is 1. The number of nitrogens with zero attached hydrogens (tertiary/aromatic N) is 3. The molecule has 3 aromatic rings. The minimum atomic E-state index is -0.531. The third-order valence-corrected chi connectivity index (χ3v) is 3.64. The van der Waals surface area contributed by atoms with Crippen LogP contribution < -0.4 is 5.32 Å². The van der Waals surface area contributed by atoms with Gasteiger partial charge in [0.2, 0.25) is 0 Å². The SMILES string of the molecule is Cc1cccc(Cn2cc(NC(=O)c3cccc([N+](=O)[O-])c3)cn2)c1. The van der Waals surface area contributed by atoms with Crippen molar-refractivity contribution in [1.29, 1.82) is 0 Å². The number of hydrogen-bond donors (Lipinski definition) is 1. The van der Waals surface area contributed by atoms with Gasteiger partial charge in [-0.3, -0.25) is 19.6 Å². The molecule has 25 heavy (non-hydrogen) atoms. The number of nitro groups is 1. The second kappa shape index (κ2) is 6.96. The topological polar surface area (TPSA) is 90.1 Å². The van der Waals surface area contributed by atoms with Gasteiger partial charge in [-0.1, -0.05) is 35.9 Å². The first kappa shape index (κ1) is 16.4. The van der Waals surface area contributed by atoms with E-state index in [2.05, 4.69) is 16.5 Å². The van der Waals surface area contributed by atoms with Crippen LogP contribution in [-0.2, 0) is 6.54 Å². The Balaban J connectivity index is 1.69. The average Bonchev–Trinajstić information content (AvgIpc) is 3.02. The fourth-order valence-corrected chi connectivity index (χ4v) is 2.48. The first-order valence-electron chi connectivity index (χ1n) is 7.65. The van der Waals surface area contributed by atoms with Crippen LogP contribution in [0.3, 0.4) is 0 Å². The predicted octanol–water partition coefficient (Wildman–Crippen LogP) is 3.40. The molecule has 0 aliphatic carbocycles. The Morgan fingerprint density at radius 1 is 1.24 bits per heavy atom. The average molecular weight is 336 g/mol. The van der Waals surface area contributed by atoms with Gasteiger partial charge < -0.3 is 5.32 Å². The van der Waals surface area contributed by atoms with E-state index in [9.17, 15) is 14.9 Å². The highest BCUT2D eigenvalue weighted by Crippen LogP contribution is 2.15. The maximum absolute atomic E-state index is 12.2. The van der Waals surface area contributed by atoms with E-state index in [1.165, 1.54) is 29.8 Å². The Labute approximate surface area is 144 Å². The Morgan fingerprint density at radius 2 is 2.04 bits per heavy atom. The van der Waals surface area contributed by atoms with Crippen molar-refractivity contribution < 1.29 is 9.72 Å². The number of aryl methyl sites for hydroxylation is 1.